The first kappa shape index (κ1) is 19.4. The number of aryl methyl sites for hydroxylation is 2. The van der Waals surface area contributed by atoms with Gasteiger partial charge in [0.2, 0.25) is 0 Å². The lowest BCUT2D eigenvalue weighted by Crippen LogP contribution is -1.92. The zero-order valence-corrected chi connectivity index (χ0v) is 16.4. The average Bonchev–Trinajstić information content (AvgIpc) is 3.22. The number of hydrogen-bond donors (Lipinski definition) is 1. The van der Waals surface area contributed by atoms with E-state index < -0.39 is 5.97 Å². The van der Waals surface area contributed by atoms with Gasteiger partial charge in [-0.2, -0.15) is 0 Å². The quantitative estimate of drug-likeness (QED) is 0.396. The number of oxazole rings is 1. The lowest BCUT2D eigenvalue weighted by Gasteiger charge is -2.01. The third kappa shape index (κ3) is 4.73. The molecule has 4 heteroatoms. The van der Waals surface area contributed by atoms with Gasteiger partial charge in [-0.25, -0.2) is 9.78 Å². The predicted molar refractivity (Wildman–Crippen MR) is 118 cm³/mol. The molecule has 1 N–H and O–H groups in total. The zero-order chi connectivity index (χ0) is 20.8. The van der Waals surface area contributed by atoms with Gasteiger partial charge in [-0.05, 0) is 23.6 Å². The van der Waals surface area contributed by atoms with Crippen LogP contribution in [0.1, 0.15) is 17.0 Å². The Balaban J connectivity index is 1.59. The molecule has 30 heavy (non-hydrogen) atoms. The van der Waals surface area contributed by atoms with Crippen LogP contribution in [0, 0.1) is 0 Å². The van der Waals surface area contributed by atoms with Crippen LogP contribution in [0.4, 0.5) is 0 Å². The first-order chi connectivity index (χ1) is 14.7. The highest BCUT2D eigenvalue weighted by molar-refractivity contribution is 5.85. The van der Waals surface area contributed by atoms with E-state index in [1.54, 1.807) is 6.08 Å². The minimum atomic E-state index is -0.956. The van der Waals surface area contributed by atoms with Crippen molar-refractivity contribution >= 4 is 12.0 Å². The van der Waals surface area contributed by atoms with Gasteiger partial charge in [0, 0.05) is 23.6 Å². The molecule has 4 aromatic rings. The van der Waals surface area contributed by atoms with Crippen LogP contribution in [-0.4, -0.2) is 16.1 Å². The molecule has 0 radical (unpaired) electrons. The van der Waals surface area contributed by atoms with E-state index in [1.165, 1.54) is 0 Å². The summed E-state index contributed by atoms with van der Waals surface area (Å²) in [6.07, 6.45) is 4.14. The standard InChI is InChI=1S/C26H21NO3/c28-24(29)17-15-20-9-7-8-19(18-20)14-16-23-27-25(21-10-3-1-4-11-21)26(30-23)22-12-5-2-6-13-22/h1-13,15,17-18H,14,16H2,(H,28,29)/b17-15+. The summed E-state index contributed by atoms with van der Waals surface area (Å²) in [5.74, 6) is 0.496. The van der Waals surface area contributed by atoms with E-state index in [1.807, 2.05) is 84.9 Å². The van der Waals surface area contributed by atoms with E-state index >= 15 is 0 Å². The van der Waals surface area contributed by atoms with Gasteiger partial charge in [-0.15, -0.1) is 0 Å². The van der Waals surface area contributed by atoms with Crippen molar-refractivity contribution in [3.63, 3.8) is 0 Å². The van der Waals surface area contributed by atoms with Crippen LogP contribution in [0.25, 0.3) is 28.7 Å². The van der Waals surface area contributed by atoms with Crippen molar-refractivity contribution in [2.24, 2.45) is 0 Å². The predicted octanol–water partition coefficient (Wildman–Crippen LogP) is 5.89. The Bertz CT molecular complexity index is 1100. The van der Waals surface area contributed by atoms with Crippen molar-refractivity contribution in [2.45, 2.75) is 12.8 Å². The molecule has 1 heterocycles. The van der Waals surface area contributed by atoms with E-state index in [0.29, 0.717) is 12.3 Å². The molecule has 0 aliphatic heterocycles. The van der Waals surface area contributed by atoms with Crippen LogP contribution in [0.5, 0.6) is 0 Å². The summed E-state index contributed by atoms with van der Waals surface area (Å²) in [5, 5.41) is 8.80. The van der Waals surface area contributed by atoms with Crippen LogP contribution in [-0.2, 0) is 17.6 Å². The highest BCUT2D eigenvalue weighted by Gasteiger charge is 2.16. The van der Waals surface area contributed by atoms with Crippen molar-refractivity contribution in [2.75, 3.05) is 0 Å². The third-order valence-electron chi connectivity index (χ3n) is 4.75. The van der Waals surface area contributed by atoms with Crippen molar-refractivity contribution in [3.8, 4) is 22.6 Å². The highest BCUT2D eigenvalue weighted by Crippen LogP contribution is 2.32. The molecule has 3 aromatic carbocycles. The number of benzene rings is 3. The number of nitrogens with zero attached hydrogens (tertiary/aromatic N) is 1. The van der Waals surface area contributed by atoms with Gasteiger partial charge in [-0.1, -0.05) is 84.9 Å². The van der Waals surface area contributed by atoms with Crippen molar-refractivity contribution < 1.29 is 14.3 Å². The Morgan fingerprint density at radius 2 is 1.57 bits per heavy atom. The van der Waals surface area contributed by atoms with E-state index in [4.69, 9.17) is 14.5 Å². The van der Waals surface area contributed by atoms with E-state index in [-0.39, 0.29) is 0 Å². The lowest BCUT2D eigenvalue weighted by atomic mass is 10.1. The van der Waals surface area contributed by atoms with Crippen LogP contribution >= 0.6 is 0 Å². The smallest absolute Gasteiger partial charge is 0.328 e. The van der Waals surface area contributed by atoms with E-state index in [0.717, 1.165) is 46.2 Å². The van der Waals surface area contributed by atoms with Gasteiger partial charge in [0.05, 0.1) is 0 Å². The Morgan fingerprint density at radius 1 is 0.867 bits per heavy atom. The van der Waals surface area contributed by atoms with Gasteiger partial charge in [0.1, 0.15) is 5.69 Å². The topological polar surface area (TPSA) is 63.3 Å². The second-order valence-electron chi connectivity index (χ2n) is 6.93. The fourth-order valence-corrected chi connectivity index (χ4v) is 3.32. The second-order valence-corrected chi connectivity index (χ2v) is 6.93. The molecule has 0 unspecified atom stereocenters. The number of carboxylic acids is 1. The number of carbonyl (C=O) groups is 1. The summed E-state index contributed by atoms with van der Waals surface area (Å²) in [6, 6.07) is 27.9. The molecule has 0 aliphatic carbocycles. The normalized spacial score (nSPS) is 11.1. The van der Waals surface area contributed by atoms with Gasteiger partial charge in [0.15, 0.2) is 11.7 Å². The van der Waals surface area contributed by atoms with E-state index in [2.05, 4.69) is 0 Å². The van der Waals surface area contributed by atoms with E-state index in [9.17, 15) is 4.79 Å². The molecular formula is C26H21NO3. The first-order valence-electron chi connectivity index (χ1n) is 9.79. The largest absolute Gasteiger partial charge is 0.478 e. The summed E-state index contributed by atoms with van der Waals surface area (Å²) in [6.45, 7) is 0. The second kappa shape index (κ2) is 9.05. The van der Waals surface area contributed by atoms with Gasteiger partial charge in [0.25, 0.3) is 0 Å². The number of rotatable bonds is 7. The maximum Gasteiger partial charge on any atom is 0.328 e. The molecule has 0 fully saturated rings. The number of aliphatic carboxylic acids is 1. The summed E-state index contributed by atoms with van der Waals surface area (Å²) in [4.78, 5) is 15.5. The fraction of sp³-hybridized carbons (Fsp3) is 0.0769. The summed E-state index contributed by atoms with van der Waals surface area (Å²) in [7, 11) is 0. The third-order valence-corrected chi connectivity index (χ3v) is 4.75. The Morgan fingerprint density at radius 3 is 2.27 bits per heavy atom. The number of hydrogen-bond acceptors (Lipinski definition) is 3. The molecule has 4 rings (SSSR count). The number of carboxylic acid groups (broad SMARTS) is 1. The van der Waals surface area contributed by atoms with Crippen molar-refractivity contribution in [3.05, 3.63) is 108 Å². The molecule has 0 spiro atoms. The zero-order valence-electron chi connectivity index (χ0n) is 16.4. The summed E-state index contributed by atoms with van der Waals surface area (Å²) < 4.78 is 6.18. The molecular weight excluding hydrogens is 374 g/mol. The molecule has 0 aliphatic rings. The highest BCUT2D eigenvalue weighted by atomic mass is 16.4. The minimum Gasteiger partial charge on any atom is -0.478 e. The molecule has 0 saturated carbocycles. The minimum absolute atomic E-state index is 0.652. The van der Waals surface area contributed by atoms with Gasteiger partial charge < -0.3 is 9.52 Å². The number of aromatic nitrogens is 1. The van der Waals surface area contributed by atoms with Crippen LogP contribution in [0.3, 0.4) is 0 Å². The molecule has 0 atom stereocenters. The Labute approximate surface area is 175 Å². The fourth-order valence-electron chi connectivity index (χ4n) is 3.32. The Hall–Kier alpha value is -3.92. The lowest BCUT2D eigenvalue weighted by molar-refractivity contribution is -0.131. The van der Waals surface area contributed by atoms with Crippen molar-refractivity contribution in [1.29, 1.82) is 0 Å². The summed E-state index contributed by atoms with van der Waals surface area (Å²) in [5.41, 5.74) is 4.82. The van der Waals surface area contributed by atoms with Crippen molar-refractivity contribution in [1.82, 2.24) is 4.98 Å². The molecule has 0 bridgehead atoms. The maximum atomic E-state index is 10.7. The maximum absolute atomic E-state index is 10.7. The monoisotopic (exact) mass is 395 g/mol. The molecule has 1 aromatic heterocycles. The summed E-state index contributed by atoms with van der Waals surface area (Å²) >= 11 is 0. The van der Waals surface area contributed by atoms with Gasteiger partial charge in [-0.3, -0.25) is 0 Å². The van der Waals surface area contributed by atoms with Crippen LogP contribution < -0.4 is 0 Å². The van der Waals surface area contributed by atoms with Crippen LogP contribution in [0.15, 0.2) is 95.4 Å². The Kier molecular flexibility index (Phi) is 5.85. The van der Waals surface area contributed by atoms with Crippen LogP contribution in [0.2, 0.25) is 0 Å². The molecule has 148 valence electrons. The van der Waals surface area contributed by atoms with Gasteiger partial charge >= 0.3 is 5.97 Å². The first-order valence-corrected chi connectivity index (χ1v) is 9.79. The average molecular weight is 395 g/mol. The SMILES string of the molecule is O=C(O)/C=C/c1cccc(CCc2nc(-c3ccccc3)c(-c3ccccc3)o2)c1. The molecule has 0 amide bonds. The molecule has 0 saturated heterocycles. The molecule has 4 nitrogen and oxygen atoms in total.